The predicted molar refractivity (Wildman–Crippen MR) is 116 cm³/mol. The van der Waals surface area contributed by atoms with Crippen LogP contribution in [-0.2, 0) is 4.74 Å². The van der Waals surface area contributed by atoms with Crippen LogP contribution in [0.2, 0.25) is 0 Å². The lowest BCUT2D eigenvalue weighted by molar-refractivity contribution is 0.102. The summed E-state index contributed by atoms with van der Waals surface area (Å²) in [5.41, 5.74) is 2.03. The Bertz CT molecular complexity index is 1050. The van der Waals surface area contributed by atoms with Crippen molar-refractivity contribution < 1.29 is 18.7 Å². The van der Waals surface area contributed by atoms with E-state index in [2.05, 4.69) is 10.6 Å². The molecule has 6 nitrogen and oxygen atoms in total. The van der Waals surface area contributed by atoms with E-state index in [-0.39, 0.29) is 5.91 Å². The van der Waals surface area contributed by atoms with Gasteiger partial charge in [-0.25, -0.2) is 4.39 Å². The number of benzene rings is 2. The van der Waals surface area contributed by atoms with Gasteiger partial charge in [0.25, 0.3) is 11.8 Å². The number of rotatable bonds is 5. The van der Waals surface area contributed by atoms with E-state index in [9.17, 15) is 14.0 Å². The fraction of sp³-hybridized carbons (Fsp3) is 0.182. The number of carbonyl (C=O) groups is 2. The second-order valence-electron chi connectivity index (χ2n) is 6.73. The van der Waals surface area contributed by atoms with Gasteiger partial charge in [0.2, 0.25) is 0 Å². The first kappa shape index (κ1) is 20.1. The molecule has 1 saturated heterocycles. The van der Waals surface area contributed by atoms with Crippen LogP contribution in [0.4, 0.5) is 21.5 Å². The topological polar surface area (TPSA) is 70.7 Å². The van der Waals surface area contributed by atoms with E-state index >= 15 is 0 Å². The first-order valence-electron chi connectivity index (χ1n) is 9.48. The van der Waals surface area contributed by atoms with Crippen molar-refractivity contribution in [2.45, 2.75) is 0 Å². The number of halogens is 1. The van der Waals surface area contributed by atoms with Crippen molar-refractivity contribution in [2.24, 2.45) is 0 Å². The molecule has 2 N–H and O–H groups in total. The fourth-order valence-electron chi connectivity index (χ4n) is 3.22. The minimum atomic E-state index is -0.435. The number of ether oxygens (including phenoxy) is 1. The zero-order valence-corrected chi connectivity index (χ0v) is 16.9. The van der Waals surface area contributed by atoms with Crippen molar-refractivity contribution in [3.8, 4) is 0 Å². The van der Waals surface area contributed by atoms with Crippen LogP contribution >= 0.6 is 11.3 Å². The van der Waals surface area contributed by atoms with Crippen molar-refractivity contribution in [1.29, 1.82) is 0 Å². The second kappa shape index (κ2) is 9.06. The van der Waals surface area contributed by atoms with E-state index in [0.717, 1.165) is 0 Å². The number of amides is 2. The minimum Gasteiger partial charge on any atom is -0.378 e. The van der Waals surface area contributed by atoms with Gasteiger partial charge in [-0.3, -0.25) is 9.59 Å². The van der Waals surface area contributed by atoms with E-state index < -0.39 is 11.7 Å². The lowest BCUT2D eigenvalue weighted by Gasteiger charge is -2.29. The molecule has 1 aliphatic heterocycles. The quantitative estimate of drug-likeness (QED) is 0.642. The summed E-state index contributed by atoms with van der Waals surface area (Å²) < 4.78 is 19.9. The van der Waals surface area contributed by atoms with Crippen molar-refractivity contribution in [2.75, 3.05) is 41.8 Å². The molecule has 0 radical (unpaired) electrons. The maximum Gasteiger partial charge on any atom is 0.257 e. The maximum absolute atomic E-state index is 14.6. The van der Waals surface area contributed by atoms with Gasteiger partial charge in [-0.2, -0.15) is 11.3 Å². The fourth-order valence-corrected chi connectivity index (χ4v) is 3.86. The van der Waals surface area contributed by atoms with Crippen molar-refractivity contribution in [1.82, 2.24) is 0 Å². The summed E-state index contributed by atoms with van der Waals surface area (Å²) in [6.45, 7) is 2.37. The number of para-hydroxylation sites is 1. The van der Waals surface area contributed by atoms with Gasteiger partial charge in [0.1, 0.15) is 5.82 Å². The van der Waals surface area contributed by atoms with Gasteiger partial charge in [-0.1, -0.05) is 12.1 Å². The molecular weight excluding hydrogens is 405 g/mol. The zero-order valence-electron chi connectivity index (χ0n) is 16.1. The number of hydrogen-bond donors (Lipinski definition) is 2. The Morgan fingerprint density at radius 2 is 1.80 bits per heavy atom. The lowest BCUT2D eigenvalue weighted by Crippen LogP contribution is -2.36. The number of nitrogens with one attached hydrogen (secondary N) is 2. The maximum atomic E-state index is 14.6. The van der Waals surface area contributed by atoms with Gasteiger partial charge in [0, 0.05) is 24.2 Å². The van der Waals surface area contributed by atoms with Crippen LogP contribution in [-0.4, -0.2) is 38.1 Å². The first-order valence-corrected chi connectivity index (χ1v) is 10.4. The highest BCUT2D eigenvalue weighted by atomic mass is 32.1. The normalized spacial score (nSPS) is 13.7. The molecule has 30 heavy (non-hydrogen) atoms. The van der Waals surface area contributed by atoms with E-state index in [1.54, 1.807) is 47.8 Å². The highest BCUT2D eigenvalue weighted by Gasteiger charge is 2.18. The number of nitrogens with zero attached hydrogens (tertiary/aromatic N) is 1. The summed E-state index contributed by atoms with van der Waals surface area (Å²) in [6.07, 6.45) is 0. The zero-order chi connectivity index (χ0) is 20.9. The molecule has 8 heteroatoms. The molecule has 1 aromatic heterocycles. The summed E-state index contributed by atoms with van der Waals surface area (Å²) in [5, 5.41) is 9.00. The predicted octanol–water partition coefficient (Wildman–Crippen LogP) is 4.23. The average Bonchev–Trinajstić information content (AvgIpc) is 3.30. The van der Waals surface area contributed by atoms with E-state index in [1.807, 2.05) is 10.3 Å². The molecular formula is C22H20FN3O3S. The molecule has 2 heterocycles. The molecule has 4 rings (SSSR count). The van der Waals surface area contributed by atoms with E-state index in [4.69, 9.17) is 4.74 Å². The number of carbonyl (C=O) groups excluding carboxylic acids is 2. The summed E-state index contributed by atoms with van der Waals surface area (Å²) in [5.74, 6) is -1.14. The molecule has 0 atom stereocenters. The van der Waals surface area contributed by atoms with Gasteiger partial charge in [0.05, 0.1) is 35.7 Å². The van der Waals surface area contributed by atoms with Gasteiger partial charge in [-0.05, 0) is 41.8 Å². The SMILES string of the molecule is O=C(Nc1ccccc1C(=O)Nc1ccc(N2CCOCC2)c(F)c1)c1ccsc1. The molecule has 1 aliphatic rings. The van der Waals surface area contributed by atoms with E-state index in [1.165, 1.54) is 17.4 Å². The van der Waals surface area contributed by atoms with Crippen LogP contribution in [0.1, 0.15) is 20.7 Å². The molecule has 3 aromatic rings. The Kier molecular flexibility index (Phi) is 6.06. The van der Waals surface area contributed by atoms with Gasteiger partial charge >= 0.3 is 0 Å². The number of thiophene rings is 1. The van der Waals surface area contributed by atoms with Gasteiger partial charge < -0.3 is 20.3 Å². The molecule has 2 amide bonds. The Morgan fingerprint density at radius 1 is 1.00 bits per heavy atom. The Hall–Kier alpha value is -3.23. The molecule has 0 spiro atoms. The van der Waals surface area contributed by atoms with Crippen LogP contribution in [0.5, 0.6) is 0 Å². The monoisotopic (exact) mass is 425 g/mol. The molecule has 0 bridgehead atoms. The molecule has 2 aromatic carbocycles. The van der Waals surface area contributed by atoms with Crippen LogP contribution in [0.3, 0.4) is 0 Å². The van der Waals surface area contributed by atoms with E-state index in [0.29, 0.717) is 54.5 Å². The third-order valence-electron chi connectivity index (χ3n) is 4.76. The third kappa shape index (κ3) is 4.50. The van der Waals surface area contributed by atoms with Crippen molar-refractivity contribution in [3.63, 3.8) is 0 Å². The Morgan fingerprint density at radius 3 is 2.53 bits per heavy atom. The standard InChI is InChI=1S/C22H20FN3O3S/c23-18-13-16(5-6-20(18)26-8-10-29-11-9-26)24-22(28)17-3-1-2-4-19(17)25-21(27)15-7-12-30-14-15/h1-7,12-14H,8-11H2,(H,24,28)(H,25,27). The summed E-state index contributed by atoms with van der Waals surface area (Å²) >= 11 is 1.42. The van der Waals surface area contributed by atoms with Crippen molar-refractivity contribution >= 4 is 40.2 Å². The Balaban J connectivity index is 1.49. The average molecular weight is 425 g/mol. The van der Waals surface area contributed by atoms with Crippen LogP contribution in [0, 0.1) is 5.82 Å². The molecule has 154 valence electrons. The summed E-state index contributed by atoms with van der Waals surface area (Å²) in [4.78, 5) is 27.0. The molecule has 1 fully saturated rings. The Labute approximate surface area is 177 Å². The summed E-state index contributed by atoms with van der Waals surface area (Å²) in [6, 6.07) is 13.0. The molecule has 0 aliphatic carbocycles. The second-order valence-corrected chi connectivity index (χ2v) is 7.51. The largest absolute Gasteiger partial charge is 0.378 e. The lowest BCUT2D eigenvalue weighted by atomic mass is 10.1. The highest BCUT2D eigenvalue weighted by molar-refractivity contribution is 7.08. The third-order valence-corrected chi connectivity index (χ3v) is 5.44. The molecule has 0 unspecified atom stereocenters. The first-order chi connectivity index (χ1) is 14.6. The van der Waals surface area contributed by atoms with Crippen molar-refractivity contribution in [3.05, 3.63) is 76.2 Å². The molecule has 0 saturated carbocycles. The number of hydrogen-bond acceptors (Lipinski definition) is 5. The minimum absolute atomic E-state index is 0.291. The number of anilines is 3. The summed E-state index contributed by atoms with van der Waals surface area (Å²) in [7, 11) is 0. The van der Waals surface area contributed by atoms with Crippen LogP contribution in [0.25, 0.3) is 0 Å². The van der Waals surface area contributed by atoms with Crippen LogP contribution < -0.4 is 15.5 Å². The highest BCUT2D eigenvalue weighted by Crippen LogP contribution is 2.25. The van der Waals surface area contributed by atoms with Gasteiger partial charge in [-0.15, -0.1) is 0 Å². The number of morpholine rings is 1. The van der Waals surface area contributed by atoms with Crippen LogP contribution in [0.15, 0.2) is 59.3 Å². The van der Waals surface area contributed by atoms with Gasteiger partial charge in [0.15, 0.2) is 0 Å². The smallest absolute Gasteiger partial charge is 0.257 e.